The quantitative estimate of drug-likeness (QED) is 0.213. The van der Waals surface area contributed by atoms with Crippen LogP contribution in [0, 0.1) is 11.6 Å². The van der Waals surface area contributed by atoms with Gasteiger partial charge in [0.2, 0.25) is 5.88 Å². The highest BCUT2D eigenvalue weighted by molar-refractivity contribution is 9.10. The summed E-state index contributed by atoms with van der Waals surface area (Å²) in [4.78, 5) is 27.0. The predicted molar refractivity (Wildman–Crippen MR) is 151 cm³/mol. The number of imidazole rings is 1. The third-order valence-electron chi connectivity index (χ3n) is 6.89. The Kier molecular flexibility index (Phi) is 8.13. The van der Waals surface area contributed by atoms with E-state index >= 15 is 0 Å². The van der Waals surface area contributed by atoms with Crippen LogP contribution in [-0.4, -0.2) is 54.9 Å². The highest BCUT2D eigenvalue weighted by Gasteiger charge is 2.40. The minimum atomic E-state index is -1.28. The van der Waals surface area contributed by atoms with Crippen LogP contribution in [0.3, 0.4) is 0 Å². The minimum absolute atomic E-state index is 0.00829. The van der Waals surface area contributed by atoms with Crippen molar-refractivity contribution in [2.45, 2.75) is 77.4 Å². The molecule has 1 fully saturated rings. The largest absolute Gasteiger partial charge is 0.474 e. The summed E-state index contributed by atoms with van der Waals surface area (Å²) < 4.78 is 56.8. The molecule has 0 spiro atoms. The van der Waals surface area contributed by atoms with E-state index < -0.39 is 29.7 Å². The normalized spacial score (nSPS) is 18.3. The summed E-state index contributed by atoms with van der Waals surface area (Å²) in [5.41, 5.74) is 1.64. The van der Waals surface area contributed by atoms with E-state index in [0.29, 0.717) is 40.5 Å². The van der Waals surface area contributed by atoms with Crippen molar-refractivity contribution >= 4 is 44.0 Å². The lowest BCUT2D eigenvalue weighted by Gasteiger charge is -2.29. The van der Waals surface area contributed by atoms with Gasteiger partial charge in [0, 0.05) is 30.0 Å². The van der Waals surface area contributed by atoms with Crippen molar-refractivity contribution in [3.05, 3.63) is 58.6 Å². The maximum Gasteiger partial charge on any atom is 0.410 e. The Bertz CT molecular complexity index is 1590. The number of hydrogen-bond donors (Lipinski definition) is 0. The van der Waals surface area contributed by atoms with E-state index in [4.69, 9.17) is 9.47 Å². The first-order chi connectivity index (χ1) is 19.4. The summed E-state index contributed by atoms with van der Waals surface area (Å²) in [6.07, 6.45) is 3.44. The van der Waals surface area contributed by atoms with E-state index in [1.807, 2.05) is 11.5 Å². The summed E-state index contributed by atoms with van der Waals surface area (Å²) in [5, 5.41) is 0.787. The topological polar surface area (TPSA) is 82.4 Å². The molecular formula is C29H31BrF3N5O3. The highest BCUT2D eigenvalue weighted by atomic mass is 79.9. The summed E-state index contributed by atoms with van der Waals surface area (Å²) in [6.45, 7) is 7.52. The van der Waals surface area contributed by atoms with Gasteiger partial charge in [-0.15, -0.1) is 0 Å². The number of carbonyl (C=O) groups excluding carboxylic acids is 1. The molecule has 218 valence electrons. The van der Waals surface area contributed by atoms with Crippen molar-refractivity contribution in [2.75, 3.05) is 6.54 Å². The van der Waals surface area contributed by atoms with Gasteiger partial charge in [-0.2, -0.15) is 0 Å². The molecule has 41 heavy (non-hydrogen) atoms. The number of carbonyl (C=O) groups is 1. The van der Waals surface area contributed by atoms with Crippen LogP contribution in [0.1, 0.15) is 58.6 Å². The van der Waals surface area contributed by atoms with Crippen LogP contribution in [0.25, 0.3) is 21.9 Å². The molecule has 3 atom stereocenters. The van der Waals surface area contributed by atoms with Gasteiger partial charge < -0.3 is 14.0 Å². The Hall–Kier alpha value is -3.41. The van der Waals surface area contributed by atoms with Crippen molar-refractivity contribution in [1.29, 1.82) is 0 Å². The van der Waals surface area contributed by atoms with Crippen LogP contribution in [-0.2, 0) is 11.3 Å². The fourth-order valence-electron chi connectivity index (χ4n) is 5.10. The number of ether oxygens (including phenoxy) is 2. The fourth-order valence-corrected chi connectivity index (χ4v) is 5.44. The zero-order chi connectivity index (χ0) is 29.5. The Balaban J connectivity index is 1.30. The maximum atomic E-state index is 14.5. The summed E-state index contributed by atoms with van der Waals surface area (Å²) in [7, 11) is 0. The second-order valence-electron chi connectivity index (χ2n) is 11.3. The van der Waals surface area contributed by atoms with Gasteiger partial charge in [-0.3, -0.25) is 9.88 Å². The molecule has 8 nitrogen and oxygen atoms in total. The molecule has 0 N–H and O–H groups in total. The highest BCUT2D eigenvalue weighted by Crippen LogP contribution is 2.39. The van der Waals surface area contributed by atoms with Crippen molar-refractivity contribution < 1.29 is 27.4 Å². The zero-order valence-corrected chi connectivity index (χ0v) is 24.8. The first-order valence-corrected chi connectivity index (χ1v) is 14.2. The van der Waals surface area contributed by atoms with E-state index in [2.05, 4.69) is 30.9 Å². The molecule has 0 saturated carbocycles. The van der Waals surface area contributed by atoms with Crippen molar-refractivity contribution in [3.63, 3.8) is 0 Å². The fraction of sp³-hybridized carbons (Fsp3) is 0.448. The number of rotatable bonds is 7. The number of nitrogens with zero attached hydrogens (tertiary/aromatic N) is 5. The van der Waals surface area contributed by atoms with Crippen LogP contribution in [0.2, 0.25) is 0 Å². The van der Waals surface area contributed by atoms with Gasteiger partial charge in [0.15, 0.2) is 0 Å². The number of pyridine rings is 2. The molecule has 1 aliphatic rings. The molecule has 3 aromatic heterocycles. The van der Waals surface area contributed by atoms with Gasteiger partial charge in [-0.1, -0.05) is 0 Å². The van der Waals surface area contributed by atoms with Crippen LogP contribution in [0.5, 0.6) is 5.88 Å². The molecule has 4 aromatic rings. The van der Waals surface area contributed by atoms with Crippen LogP contribution >= 0.6 is 15.9 Å². The predicted octanol–water partition coefficient (Wildman–Crippen LogP) is 7.29. The van der Waals surface area contributed by atoms with E-state index in [1.54, 1.807) is 39.4 Å². The first kappa shape index (κ1) is 29.1. The second-order valence-corrected chi connectivity index (χ2v) is 12.2. The number of amides is 1. The Morgan fingerprint density at radius 3 is 2.68 bits per heavy atom. The van der Waals surface area contributed by atoms with Gasteiger partial charge in [0.25, 0.3) is 0 Å². The monoisotopic (exact) mass is 633 g/mol. The number of hydrogen-bond acceptors (Lipinski definition) is 6. The number of aryl methyl sites for hydroxylation is 1. The molecule has 12 heteroatoms. The summed E-state index contributed by atoms with van der Waals surface area (Å²) >= 11 is 3.25. The third-order valence-corrected chi connectivity index (χ3v) is 7.50. The molecule has 0 aliphatic carbocycles. The van der Waals surface area contributed by atoms with E-state index in [9.17, 15) is 18.0 Å². The van der Waals surface area contributed by atoms with Gasteiger partial charge in [0.05, 0.1) is 52.9 Å². The van der Waals surface area contributed by atoms with Crippen molar-refractivity contribution in [1.82, 2.24) is 24.4 Å². The molecule has 5 rings (SSSR count). The van der Waals surface area contributed by atoms with Crippen LogP contribution < -0.4 is 4.74 Å². The van der Waals surface area contributed by atoms with Gasteiger partial charge in [-0.25, -0.2) is 27.9 Å². The lowest BCUT2D eigenvalue weighted by molar-refractivity contribution is 0.0213. The maximum absolute atomic E-state index is 14.5. The van der Waals surface area contributed by atoms with Gasteiger partial charge >= 0.3 is 6.09 Å². The molecule has 1 saturated heterocycles. The van der Waals surface area contributed by atoms with Crippen LogP contribution in [0.4, 0.5) is 18.0 Å². The third kappa shape index (κ3) is 6.42. The molecule has 1 aliphatic heterocycles. The minimum Gasteiger partial charge on any atom is -0.474 e. The molecule has 1 aromatic carbocycles. The lowest BCUT2D eigenvalue weighted by Crippen LogP contribution is -2.37. The number of fused-ring (bicyclic) bond motifs is 3. The number of likely N-dealkylation sites (tertiary alicyclic amines) is 1. The Morgan fingerprint density at radius 1 is 1.15 bits per heavy atom. The number of benzene rings is 1. The SMILES string of the molecule is C[C@@H](CCCn1cnc2cnc3cc(F)c(Br)cc3c21)Oc1ncc(F)cc1[C@H]1C[C@H](F)CN1C(=O)OC(C)(C)C. The van der Waals surface area contributed by atoms with E-state index in [1.165, 1.54) is 17.0 Å². The average Bonchev–Trinajstić information content (AvgIpc) is 3.48. The first-order valence-electron chi connectivity index (χ1n) is 13.4. The summed E-state index contributed by atoms with van der Waals surface area (Å²) in [6, 6.07) is 3.57. The van der Waals surface area contributed by atoms with E-state index in [0.717, 1.165) is 17.1 Å². The smallest absolute Gasteiger partial charge is 0.410 e. The van der Waals surface area contributed by atoms with E-state index in [-0.39, 0.29) is 30.8 Å². The summed E-state index contributed by atoms with van der Waals surface area (Å²) in [5.74, 6) is -0.834. The average molecular weight is 634 g/mol. The molecule has 1 amide bonds. The standard InChI is InChI=1S/C29H31BrF3N5O3/c1-16(6-5-7-37-15-36-24-13-34-23-11-22(33)21(30)10-19(23)26(24)37)40-27-20(8-17(31)12-35-27)25-9-18(32)14-38(25)28(39)41-29(2,3)4/h8,10-13,15-16,18,25H,5-7,9,14H2,1-4H3/t16-,18-,25+/m0/s1. The van der Waals surface area contributed by atoms with Gasteiger partial charge in [0.1, 0.15) is 28.9 Å². The zero-order valence-electron chi connectivity index (χ0n) is 23.2. The molecule has 0 radical (unpaired) electrons. The number of aromatic nitrogens is 4. The molecule has 0 bridgehead atoms. The molecule has 4 heterocycles. The molecule has 0 unspecified atom stereocenters. The van der Waals surface area contributed by atoms with Crippen molar-refractivity contribution in [2.24, 2.45) is 0 Å². The second kappa shape index (κ2) is 11.5. The number of halogens is 4. The number of alkyl halides is 1. The van der Waals surface area contributed by atoms with Crippen LogP contribution in [0.15, 0.2) is 41.4 Å². The lowest BCUT2D eigenvalue weighted by atomic mass is 10.1. The van der Waals surface area contributed by atoms with Crippen molar-refractivity contribution in [3.8, 4) is 5.88 Å². The van der Waals surface area contributed by atoms with Gasteiger partial charge in [-0.05, 0) is 68.6 Å². The molecular weight excluding hydrogens is 603 g/mol. The Morgan fingerprint density at radius 2 is 1.93 bits per heavy atom. The Labute approximate surface area is 244 Å².